The molecule has 6 nitrogen and oxygen atoms in total. The Morgan fingerprint density at radius 2 is 1.90 bits per heavy atom. The van der Waals surface area contributed by atoms with E-state index in [9.17, 15) is 14.9 Å². The quantitative estimate of drug-likeness (QED) is 0.693. The molecule has 2 rings (SSSR count). The lowest BCUT2D eigenvalue weighted by Gasteiger charge is -2.07. The molecule has 0 fully saturated rings. The van der Waals surface area contributed by atoms with E-state index in [-0.39, 0.29) is 11.3 Å². The smallest absolute Gasteiger partial charge is 0.273 e. The predicted molar refractivity (Wildman–Crippen MR) is 79.5 cm³/mol. The van der Waals surface area contributed by atoms with Gasteiger partial charge in [-0.25, -0.2) is 4.98 Å². The van der Waals surface area contributed by atoms with Crippen molar-refractivity contribution in [3.63, 3.8) is 0 Å². The molecule has 108 valence electrons. The van der Waals surface area contributed by atoms with Gasteiger partial charge in [-0.3, -0.25) is 14.9 Å². The van der Waals surface area contributed by atoms with E-state index in [4.69, 9.17) is 0 Å². The van der Waals surface area contributed by atoms with Crippen LogP contribution in [0.25, 0.3) is 0 Å². The molecule has 0 aliphatic heterocycles. The van der Waals surface area contributed by atoms with Crippen LogP contribution in [0.1, 0.15) is 27.2 Å². The second kappa shape index (κ2) is 5.70. The van der Waals surface area contributed by atoms with Crippen molar-refractivity contribution in [1.82, 2.24) is 4.98 Å². The fourth-order valence-corrected chi connectivity index (χ4v) is 2.04. The first-order valence-electron chi connectivity index (χ1n) is 6.38. The molecule has 1 aromatic carbocycles. The number of aromatic nitrogens is 1. The number of nitrogens with zero attached hydrogens (tertiary/aromatic N) is 2. The summed E-state index contributed by atoms with van der Waals surface area (Å²) in [7, 11) is 0. The van der Waals surface area contributed by atoms with Gasteiger partial charge in [0.1, 0.15) is 5.82 Å². The molecule has 1 N–H and O–H groups in total. The van der Waals surface area contributed by atoms with Gasteiger partial charge in [0.25, 0.3) is 11.6 Å². The minimum atomic E-state index is -0.499. The van der Waals surface area contributed by atoms with E-state index in [0.29, 0.717) is 11.4 Å². The van der Waals surface area contributed by atoms with Gasteiger partial charge in [-0.05, 0) is 44.5 Å². The Balaban J connectivity index is 2.28. The van der Waals surface area contributed by atoms with Crippen LogP contribution in [0.4, 0.5) is 11.5 Å². The van der Waals surface area contributed by atoms with Crippen molar-refractivity contribution >= 4 is 17.4 Å². The number of carbonyl (C=O) groups is 1. The topological polar surface area (TPSA) is 85.1 Å². The highest BCUT2D eigenvalue weighted by molar-refractivity contribution is 6.04. The minimum Gasteiger partial charge on any atom is -0.307 e. The van der Waals surface area contributed by atoms with Gasteiger partial charge in [-0.15, -0.1) is 0 Å². The average molecular weight is 285 g/mol. The number of nitrogens with one attached hydrogen (secondary N) is 1. The summed E-state index contributed by atoms with van der Waals surface area (Å²) in [4.78, 5) is 26.8. The summed E-state index contributed by atoms with van der Waals surface area (Å²) in [5, 5.41) is 13.6. The first kappa shape index (κ1) is 14.6. The lowest BCUT2D eigenvalue weighted by atomic mass is 10.1. The van der Waals surface area contributed by atoms with Gasteiger partial charge in [0.2, 0.25) is 0 Å². The van der Waals surface area contributed by atoms with Gasteiger partial charge in [0, 0.05) is 22.9 Å². The van der Waals surface area contributed by atoms with Crippen LogP contribution in [0, 0.1) is 30.9 Å². The predicted octanol–water partition coefficient (Wildman–Crippen LogP) is 3.17. The van der Waals surface area contributed by atoms with Crippen molar-refractivity contribution in [3.8, 4) is 0 Å². The zero-order valence-corrected chi connectivity index (χ0v) is 12.0. The third kappa shape index (κ3) is 3.42. The Morgan fingerprint density at radius 1 is 1.19 bits per heavy atom. The molecule has 0 saturated carbocycles. The minimum absolute atomic E-state index is 0.0731. The molecule has 6 heteroatoms. The third-order valence-corrected chi connectivity index (χ3v) is 3.01. The molecule has 1 amide bonds. The lowest BCUT2D eigenvalue weighted by molar-refractivity contribution is -0.385. The van der Waals surface area contributed by atoms with E-state index < -0.39 is 10.8 Å². The Morgan fingerprint density at radius 3 is 2.52 bits per heavy atom. The monoisotopic (exact) mass is 285 g/mol. The molecular weight excluding hydrogens is 270 g/mol. The summed E-state index contributed by atoms with van der Waals surface area (Å²) in [6, 6.07) is 8.02. The summed E-state index contributed by atoms with van der Waals surface area (Å²) in [6.07, 6.45) is 0. The maximum Gasteiger partial charge on any atom is 0.273 e. The molecular formula is C15H15N3O3. The third-order valence-electron chi connectivity index (χ3n) is 3.01. The summed E-state index contributed by atoms with van der Waals surface area (Å²) in [6.45, 7) is 5.37. The molecule has 0 saturated heterocycles. The first-order chi connectivity index (χ1) is 9.86. The number of rotatable bonds is 3. The van der Waals surface area contributed by atoms with Crippen LogP contribution in [0.2, 0.25) is 0 Å². The first-order valence-corrected chi connectivity index (χ1v) is 6.38. The van der Waals surface area contributed by atoms with E-state index in [2.05, 4.69) is 10.3 Å². The van der Waals surface area contributed by atoms with Gasteiger partial charge in [0.15, 0.2) is 0 Å². The molecule has 1 heterocycles. The highest BCUT2D eigenvalue weighted by atomic mass is 16.6. The molecule has 0 aliphatic rings. The maximum absolute atomic E-state index is 12.1. The van der Waals surface area contributed by atoms with Crippen LogP contribution in [0.15, 0.2) is 30.3 Å². The van der Waals surface area contributed by atoms with Crippen LogP contribution >= 0.6 is 0 Å². The van der Waals surface area contributed by atoms with Crippen molar-refractivity contribution in [2.45, 2.75) is 20.8 Å². The standard InChI is InChI=1S/C15H15N3O3/c1-9-6-11(3)16-14(7-9)17-15(19)12-5-4-10(2)13(8-12)18(20)21/h4-8H,1-3H3,(H,16,17,19). The molecule has 0 spiro atoms. The SMILES string of the molecule is Cc1cc(C)nc(NC(=O)c2ccc(C)c([N+](=O)[O-])c2)c1. The van der Waals surface area contributed by atoms with Crippen molar-refractivity contribution in [1.29, 1.82) is 0 Å². The van der Waals surface area contributed by atoms with Gasteiger partial charge < -0.3 is 5.32 Å². The van der Waals surface area contributed by atoms with Crippen molar-refractivity contribution < 1.29 is 9.72 Å². The summed E-state index contributed by atoms with van der Waals surface area (Å²) in [5.41, 5.74) is 2.44. The maximum atomic E-state index is 12.1. The number of anilines is 1. The highest BCUT2D eigenvalue weighted by Crippen LogP contribution is 2.20. The van der Waals surface area contributed by atoms with Crippen LogP contribution in [0.5, 0.6) is 0 Å². The van der Waals surface area contributed by atoms with Crippen LogP contribution < -0.4 is 5.32 Å². The Labute approximate surface area is 122 Å². The van der Waals surface area contributed by atoms with Crippen molar-refractivity contribution in [2.24, 2.45) is 0 Å². The average Bonchev–Trinajstić information content (AvgIpc) is 2.37. The Kier molecular flexibility index (Phi) is 3.98. The highest BCUT2D eigenvalue weighted by Gasteiger charge is 2.15. The molecule has 0 atom stereocenters. The second-order valence-corrected chi connectivity index (χ2v) is 4.88. The number of benzene rings is 1. The van der Waals surface area contributed by atoms with Gasteiger partial charge >= 0.3 is 0 Å². The second-order valence-electron chi connectivity index (χ2n) is 4.88. The molecule has 1 aromatic heterocycles. The van der Waals surface area contributed by atoms with Crippen LogP contribution in [-0.4, -0.2) is 15.8 Å². The van der Waals surface area contributed by atoms with E-state index in [1.165, 1.54) is 6.07 Å². The van der Waals surface area contributed by atoms with E-state index in [1.807, 2.05) is 19.9 Å². The molecule has 0 unspecified atom stereocenters. The Bertz CT molecular complexity index is 706. The van der Waals surface area contributed by atoms with Gasteiger partial charge in [-0.1, -0.05) is 6.07 Å². The number of nitro groups is 1. The number of carbonyl (C=O) groups excluding carboxylic acids is 1. The van der Waals surface area contributed by atoms with E-state index >= 15 is 0 Å². The van der Waals surface area contributed by atoms with E-state index in [1.54, 1.807) is 25.1 Å². The fourth-order valence-electron chi connectivity index (χ4n) is 2.04. The number of amides is 1. The van der Waals surface area contributed by atoms with Crippen molar-refractivity contribution in [2.75, 3.05) is 5.32 Å². The zero-order valence-electron chi connectivity index (χ0n) is 12.0. The molecule has 21 heavy (non-hydrogen) atoms. The number of hydrogen-bond donors (Lipinski definition) is 1. The molecule has 0 radical (unpaired) electrons. The molecule has 0 aliphatic carbocycles. The normalized spacial score (nSPS) is 10.2. The van der Waals surface area contributed by atoms with Crippen LogP contribution in [-0.2, 0) is 0 Å². The zero-order chi connectivity index (χ0) is 15.6. The molecule has 0 bridgehead atoms. The number of nitro benzene ring substituents is 1. The van der Waals surface area contributed by atoms with Gasteiger partial charge in [-0.2, -0.15) is 0 Å². The number of hydrogen-bond acceptors (Lipinski definition) is 4. The number of pyridine rings is 1. The molecule has 2 aromatic rings. The van der Waals surface area contributed by atoms with Crippen LogP contribution in [0.3, 0.4) is 0 Å². The lowest BCUT2D eigenvalue weighted by Crippen LogP contribution is -2.13. The number of aryl methyl sites for hydroxylation is 3. The van der Waals surface area contributed by atoms with Crippen molar-refractivity contribution in [3.05, 3.63) is 62.8 Å². The largest absolute Gasteiger partial charge is 0.307 e. The summed E-state index contributed by atoms with van der Waals surface area (Å²) < 4.78 is 0. The Hall–Kier alpha value is -2.76. The summed E-state index contributed by atoms with van der Waals surface area (Å²) in [5.74, 6) is 0.0105. The summed E-state index contributed by atoms with van der Waals surface area (Å²) >= 11 is 0. The fraction of sp³-hybridized carbons (Fsp3) is 0.200. The van der Waals surface area contributed by atoms with E-state index in [0.717, 1.165) is 11.3 Å². The van der Waals surface area contributed by atoms with Gasteiger partial charge in [0.05, 0.1) is 4.92 Å².